The summed E-state index contributed by atoms with van der Waals surface area (Å²) >= 11 is 0. The van der Waals surface area contributed by atoms with Crippen molar-refractivity contribution in [3.8, 4) is 0 Å². The summed E-state index contributed by atoms with van der Waals surface area (Å²) < 4.78 is 13.1. The van der Waals surface area contributed by atoms with Gasteiger partial charge in [-0.1, -0.05) is 30.3 Å². The number of nitrogens with zero attached hydrogens (tertiary/aromatic N) is 1. The van der Waals surface area contributed by atoms with Gasteiger partial charge in [-0.25, -0.2) is 9.18 Å². The fourth-order valence-corrected chi connectivity index (χ4v) is 3.19. The number of likely N-dealkylation sites (tertiary alicyclic amines) is 1. The second-order valence-electron chi connectivity index (χ2n) is 6.42. The molecule has 6 heteroatoms. The van der Waals surface area contributed by atoms with E-state index in [0.717, 1.165) is 12.0 Å². The minimum atomic E-state index is -0.560. The van der Waals surface area contributed by atoms with Gasteiger partial charge in [0.15, 0.2) is 0 Å². The molecule has 0 saturated carbocycles. The van der Waals surface area contributed by atoms with Gasteiger partial charge in [-0.2, -0.15) is 0 Å². The van der Waals surface area contributed by atoms with Crippen LogP contribution in [0.25, 0.3) is 0 Å². The number of para-hydroxylation sites is 1. The van der Waals surface area contributed by atoms with E-state index in [4.69, 9.17) is 0 Å². The largest absolute Gasteiger partial charge is 0.334 e. The zero-order valence-electron chi connectivity index (χ0n) is 14.6. The van der Waals surface area contributed by atoms with Gasteiger partial charge in [0.1, 0.15) is 11.9 Å². The van der Waals surface area contributed by atoms with Gasteiger partial charge in [0.25, 0.3) is 0 Å². The molecule has 0 spiro atoms. The third kappa shape index (κ3) is 4.20. The maximum atomic E-state index is 13.1. The molecule has 0 radical (unpaired) electrons. The Morgan fingerprint density at radius 3 is 2.54 bits per heavy atom. The molecule has 3 rings (SSSR count). The lowest BCUT2D eigenvalue weighted by atomic mass is 9.99. The first-order chi connectivity index (χ1) is 12.5. The molecule has 2 aromatic rings. The molecule has 1 aliphatic heterocycles. The number of carbonyl (C=O) groups is 2. The Balaban J connectivity index is 1.63. The highest BCUT2D eigenvalue weighted by Gasteiger charge is 2.33. The Bertz CT molecular complexity index is 764. The summed E-state index contributed by atoms with van der Waals surface area (Å²) in [5, 5.41) is 5.49. The Labute approximate surface area is 152 Å². The number of anilines is 1. The van der Waals surface area contributed by atoms with Gasteiger partial charge in [0, 0.05) is 12.2 Å². The van der Waals surface area contributed by atoms with Crippen molar-refractivity contribution in [3.05, 3.63) is 66.0 Å². The van der Waals surface area contributed by atoms with Crippen molar-refractivity contribution >= 4 is 17.6 Å². The number of carbonyl (C=O) groups excluding carboxylic acids is 2. The number of hydrogen-bond acceptors (Lipinski definition) is 2. The fourth-order valence-electron chi connectivity index (χ4n) is 3.19. The zero-order valence-corrected chi connectivity index (χ0v) is 14.6. The molecule has 2 unspecified atom stereocenters. The number of benzene rings is 2. The summed E-state index contributed by atoms with van der Waals surface area (Å²) in [5.74, 6) is -0.417. The second-order valence-corrected chi connectivity index (χ2v) is 6.42. The predicted molar refractivity (Wildman–Crippen MR) is 98.1 cm³/mol. The Hall–Kier alpha value is -2.89. The molecule has 1 fully saturated rings. The summed E-state index contributed by atoms with van der Waals surface area (Å²) in [7, 11) is 0. The van der Waals surface area contributed by atoms with E-state index in [1.165, 1.54) is 12.1 Å². The number of rotatable bonds is 4. The van der Waals surface area contributed by atoms with Crippen molar-refractivity contribution in [2.45, 2.75) is 31.8 Å². The molecular weight excluding hydrogens is 333 g/mol. The van der Waals surface area contributed by atoms with Crippen molar-refractivity contribution in [3.63, 3.8) is 0 Å². The van der Waals surface area contributed by atoms with Crippen LogP contribution in [0.3, 0.4) is 0 Å². The molecule has 1 saturated heterocycles. The van der Waals surface area contributed by atoms with Crippen LogP contribution in [0.1, 0.15) is 31.4 Å². The lowest BCUT2D eigenvalue weighted by molar-refractivity contribution is -0.138. The normalized spacial score (nSPS) is 18.3. The maximum absolute atomic E-state index is 13.1. The Morgan fingerprint density at radius 2 is 1.85 bits per heavy atom. The summed E-state index contributed by atoms with van der Waals surface area (Å²) in [4.78, 5) is 26.7. The minimum Gasteiger partial charge on any atom is -0.334 e. The van der Waals surface area contributed by atoms with Crippen molar-refractivity contribution in [1.82, 2.24) is 10.2 Å². The maximum Gasteiger partial charge on any atom is 0.319 e. The summed E-state index contributed by atoms with van der Waals surface area (Å²) in [6, 6.07) is 14.1. The fraction of sp³-hybridized carbons (Fsp3) is 0.300. The van der Waals surface area contributed by atoms with Crippen LogP contribution in [-0.4, -0.2) is 29.4 Å². The lowest BCUT2D eigenvalue weighted by Gasteiger charge is -2.37. The van der Waals surface area contributed by atoms with E-state index in [1.807, 2.05) is 25.1 Å². The highest BCUT2D eigenvalue weighted by atomic mass is 19.1. The molecule has 26 heavy (non-hydrogen) atoms. The monoisotopic (exact) mass is 355 g/mol. The quantitative estimate of drug-likeness (QED) is 0.878. The van der Waals surface area contributed by atoms with E-state index in [9.17, 15) is 14.0 Å². The first-order valence-electron chi connectivity index (χ1n) is 8.73. The first kappa shape index (κ1) is 17.9. The molecule has 1 heterocycles. The van der Waals surface area contributed by atoms with E-state index in [0.29, 0.717) is 18.7 Å². The predicted octanol–water partition coefficient (Wildman–Crippen LogP) is 3.70. The van der Waals surface area contributed by atoms with Crippen LogP contribution in [0.2, 0.25) is 0 Å². The average Bonchev–Trinajstić information content (AvgIpc) is 2.64. The molecule has 136 valence electrons. The lowest BCUT2D eigenvalue weighted by Crippen LogP contribution is -2.53. The summed E-state index contributed by atoms with van der Waals surface area (Å²) in [6.07, 6.45) is 1.40. The first-order valence-corrected chi connectivity index (χ1v) is 8.73. The molecule has 5 nitrogen and oxygen atoms in total. The van der Waals surface area contributed by atoms with Crippen LogP contribution in [0.15, 0.2) is 54.6 Å². The molecule has 1 aliphatic rings. The van der Waals surface area contributed by atoms with Crippen molar-refractivity contribution in [1.29, 1.82) is 0 Å². The van der Waals surface area contributed by atoms with Crippen molar-refractivity contribution < 1.29 is 14.0 Å². The molecular formula is C20H22FN3O2. The number of amides is 3. The van der Waals surface area contributed by atoms with Crippen LogP contribution < -0.4 is 10.6 Å². The highest BCUT2D eigenvalue weighted by Crippen LogP contribution is 2.25. The summed E-state index contributed by atoms with van der Waals surface area (Å²) in [6.45, 7) is 2.54. The number of urea groups is 1. The van der Waals surface area contributed by atoms with Crippen LogP contribution in [0.4, 0.5) is 14.9 Å². The van der Waals surface area contributed by atoms with E-state index >= 15 is 0 Å². The third-order valence-electron chi connectivity index (χ3n) is 4.63. The molecule has 0 bridgehead atoms. The Kier molecular flexibility index (Phi) is 5.51. The van der Waals surface area contributed by atoms with Gasteiger partial charge in [-0.15, -0.1) is 0 Å². The van der Waals surface area contributed by atoms with E-state index in [2.05, 4.69) is 10.6 Å². The van der Waals surface area contributed by atoms with Crippen LogP contribution in [0.5, 0.6) is 0 Å². The third-order valence-corrected chi connectivity index (χ3v) is 4.63. The number of halogens is 1. The van der Waals surface area contributed by atoms with Crippen molar-refractivity contribution in [2.75, 3.05) is 11.9 Å². The van der Waals surface area contributed by atoms with Gasteiger partial charge in [0.05, 0.1) is 6.04 Å². The molecule has 2 N–H and O–H groups in total. The van der Waals surface area contributed by atoms with Crippen molar-refractivity contribution in [2.24, 2.45) is 0 Å². The van der Waals surface area contributed by atoms with Crippen LogP contribution >= 0.6 is 0 Å². The average molecular weight is 355 g/mol. The van der Waals surface area contributed by atoms with Crippen LogP contribution in [0, 0.1) is 5.82 Å². The molecule has 0 aromatic heterocycles. The van der Waals surface area contributed by atoms with Crippen LogP contribution in [-0.2, 0) is 4.79 Å². The molecule has 0 aliphatic carbocycles. The highest BCUT2D eigenvalue weighted by molar-refractivity contribution is 5.94. The molecule has 2 aromatic carbocycles. The standard InChI is InChI=1S/C20H22FN3O2/c1-14(15-9-11-16(21)12-10-15)24-13-5-8-18(19(24)25)23-20(26)22-17-6-3-2-4-7-17/h2-4,6-7,9-12,14,18H,5,8,13H2,1H3,(H2,22,23,26). The van der Waals surface area contributed by atoms with Gasteiger partial charge in [-0.3, -0.25) is 4.79 Å². The molecule has 2 atom stereocenters. The minimum absolute atomic E-state index is 0.115. The van der Waals surface area contributed by atoms with E-state index in [-0.39, 0.29) is 17.8 Å². The van der Waals surface area contributed by atoms with Gasteiger partial charge < -0.3 is 15.5 Å². The van der Waals surface area contributed by atoms with E-state index < -0.39 is 12.1 Å². The van der Waals surface area contributed by atoms with Gasteiger partial charge >= 0.3 is 6.03 Å². The van der Waals surface area contributed by atoms with Gasteiger partial charge in [0.2, 0.25) is 5.91 Å². The smallest absolute Gasteiger partial charge is 0.319 e. The zero-order chi connectivity index (χ0) is 18.5. The Morgan fingerprint density at radius 1 is 1.15 bits per heavy atom. The SMILES string of the molecule is CC(c1ccc(F)cc1)N1CCCC(NC(=O)Nc2ccccc2)C1=O. The number of nitrogens with one attached hydrogen (secondary N) is 2. The summed E-state index contributed by atoms with van der Waals surface area (Å²) in [5.41, 5.74) is 1.54. The second kappa shape index (κ2) is 7.99. The van der Waals surface area contributed by atoms with Gasteiger partial charge in [-0.05, 0) is 49.6 Å². The number of piperidine rings is 1. The molecule has 3 amide bonds. The number of hydrogen-bond donors (Lipinski definition) is 2. The topological polar surface area (TPSA) is 61.4 Å². The van der Waals surface area contributed by atoms with E-state index in [1.54, 1.807) is 29.2 Å².